The van der Waals surface area contributed by atoms with Crippen molar-refractivity contribution in [3.63, 3.8) is 0 Å². The van der Waals surface area contributed by atoms with E-state index in [-0.39, 0.29) is 5.82 Å². The summed E-state index contributed by atoms with van der Waals surface area (Å²) in [6.45, 7) is 5.76. The molecule has 1 aromatic carbocycles. The summed E-state index contributed by atoms with van der Waals surface area (Å²) in [7, 11) is 0. The van der Waals surface area contributed by atoms with Gasteiger partial charge in [0.05, 0.1) is 5.02 Å². The Hall–Kier alpha value is -1.15. The van der Waals surface area contributed by atoms with Gasteiger partial charge in [-0.2, -0.15) is 0 Å². The zero-order valence-corrected chi connectivity index (χ0v) is 10.3. The first kappa shape index (κ1) is 11.3. The molecule has 0 aliphatic carbocycles. The summed E-state index contributed by atoms with van der Waals surface area (Å²) in [4.78, 5) is 4.34. The highest BCUT2D eigenvalue weighted by Gasteiger charge is 2.12. The van der Waals surface area contributed by atoms with Crippen molar-refractivity contribution >= 4 is 22.5 Å². The van der Waals surface area contributed by atoms with Gasteiger partial charge in [0.15, 0.2) is 0 Å². The van der Waals surface area contributed by atoms with Crippen LogP contribution in [0.15, 0.2) is 12.1 Å². The van der Waals surface area contributed by atoms with Crippen LogP contribution < -0.4 is 0 Å². The standard InChI is InChI=1S/C13H13ClFN/c1-4-11-8(3)12(14)9-5-7(2)6-10(15)13(9)16-11/h5-6H,4H2,1-3H3. The molecule has 1 nitrogen and oxygen atoms in total. The molecule has 0 radical (unpaired) electrons. The van der Waals surface area contributed by atoms with E-state index in [1.165, 1.54) is 6.07 Å². The zero-order valence-electron chi connectivity index (χ0n) is 9.56. The highest BCUT2D eigenvalue weighted by atomic mass is 35.5. The summed E-state index contributed by atoms with van der Waals surface area (Å²) in [6, 6.07) is 3.36. The van der Waals surface area contributed by atoms with Gasteiger partial charge in [0, 0.05) is 11.1 Å². The van der Waals surface area contributed by atoms with Gasteiger partial charge in [0.2, 0.25) is 0 Å². The van der Waals surface area contributed by atoms with Crippen molar-refractivity contribution in [2.45, 2.75) is 27.2 Å². The van der Waals surface area contributed by atoms with E-state index in [0.29, 0.717) is 15.9 Å². The molecule has 2 aromatic rings. The van der Waals surface area contributed by atoms with Crippen molar-refractivity contribution in [1.82, 2.24) is 4.98 Å². The predicted octanol–water partition coefficient (Wildman–Crippen LogP) is 4.21. The predicted molar refractivity (Wildman–Crippen MR) is 65.6 cm³/mol. The van der Waals surface area contributed by atoms with Crippen molar-refractivity contribution in [3.8, 4) is 0 Å². The minimum atomic E-state index is -0.299. The Kier molecular flexibility index (Phi) is 2.85. The van der Waals surface area contributed by atoms with E-state index in [0.717, 1.165) is 23.2 Å². The van der Waals surface area contributed by atoms with Crippen LogP contribution in [0, 0.1) is 19.7 Å². The summed E-state index contributed by atoms with van der Waals surface area (Å²) in [5.74, 6) is -0.299. The average molecular weight is 238 g/mol. The summed E-state index contributed by atoms with van der Waals surface area (Å²) in [5.41, 5.74) is 3.04. The van der Waals surface area contributed by atoms with Gasteiger partial charge in [-0.1, -0.05) is 18.5 Å². The van der Waals surface area contributed by atoms with Crippen molar-refractivity contribution in [1.29, 1.82) is 0 Å². The maximum Gasteiger partial charge on any atom is 0.149 e. The largest absolute Gasteiger partial charge is 0.249 e. The van der Waals surface area contributed by atoms with Gasteiger partial charge < -0.3 is 0 Å². The minimum Gasteiger partial charge on any atom is -0.249 e. The van der Waals surface area contributed by atoms with Gasteiger partial charge in [-0.15, -0.1) is 0 Å². The highest BCUT2D eigenvalue weighted by molar-refractivity contribution is 6.36. The molecule has 0 spiro atoms. The second-order valence-corrected chi connectivity index (χ2v) is 4.37. The molecule has 0 amide bonds. The van der Waals surface area contributed by atoms with E-state index < -0.39 is 0 Å². The molecule has 1 heterocycles. The molecule has 16 heavy (non-hydrogen) atoms. The van der Waals surface area contributed by atoms with Crippen LogP contribution in [0.3, 0.4) is 0 Å². The molecular weight excluding hydrogens is 225 g/mol. The van der Waals surface area contributed by atoms with Gasteiger partial charge in [-0.25, -0.2) is 9.37 Å². The molecule has 2 rings (SSSR count). The molecule has 0 aliphatic heterocycles. The zero-order chi connectivity index (χ0) is 11.9. The molecule has 0 aliphatic rings. The average Bonchev–Trinajstić information content (AvgIpc) is 2.24. The molecule has 0 bridgehead atoms. The first-order valence-corrected chi connectivity index (χ1v) is 5.67. The van der Waals surface area contributed by atoms with Gasteiger partial charge >= 0.3 is 0 Å². The van der Waals surface area contributed by atoms with Crippen LogP contribution in [-0.4, -0.2) is 4.98 Å². The normalized spacial score (nSPS) is 11.1. The van der Waals surface area contributed by atoms with E-state index in [4.69, 9.17) is 11.6 Å². The summed E-state index contributed by atoms with van der Waals surface area (Å²) in [6.07, 6.45) is 0.759. The Morgan fingerprint density at radius 3 is 2.62 bits per heavy atom. The smallest absolute Gasteiger partial charge is 0.149 e. The molecular formula is C13H13ClFN. The number of halogens is 2. The number of aryl methyl sites for hydroxylation is 2. The van der Waals surface area contributed by atoms with Crippen molar-refractivity contribution in [2.75, 3.05) is 0 Å². The Balaban J connectivity index is 2.92. The van der Waals surface area contributed by atoms with E-state index in [1.54, 1.807) is 0 Å². The van der Waals surface area contributed by atoms with Crippen molar-refractivity contribution in [3.05, 3.63) is 39.8 Å². The van der Waals surface area contributed by atoms with Gasteiger partial charge in [-0.05, 0) is 43.5 Å². The van der Waals surface area contributed by atoms with Crippen molar-refractivity contribution < 1.29 is 4.39 Å². The third kappa shape index (κ3) is 1.67. The number of hydrogen-bond donors (Lipinski definition) is 0. The molecule has 0 N–H and O–H groups in total. The molecule has 0 fully saturated rings. The third-order valence-corrected chi connectivity index (χ3v) is 3.28. The molecule has 3 heteroatoms. The fraction of sp³-hybridized carbons (Fsp3) is 0.308. The lowest BCUT2D eigenvalue weighted by Gasteiger charge is -2.10. The number of aromatic nitrogens is 1. The monoisotopic (exact) mass is 237 g/mol. The van der Waals surface area contributed by atoms with E-state index in [9.17, 15) is 4.39 Å². The number of hydrogen-bond acceptors (Lipinski definition) is 1. The Morgan fingerprint density at radius 2 is 2.00 bits per heavy atom. The molecule has 0 saturated carbocycles. The second-order valence-electron chi connectivity index (χ2n) is 3.99. The summed E-state index contributed by atoms with van der Waals surface area (Å²) < 4.78 is 13.8. The molecule has 1 aromatic heterocycles. The lowest BCUT2D eigenvalue weighted by Crippen LogP contribution is -1.97. The SMILES string of the molecule is CCc1nc2c(F)cc(C)cc2c(Cl)c1C. The lowest BCUT2D eigenvalue weighted by atomic mass is 10.1. The van der Waals surface area contributed by atoms with Gasteiger partial charge in [0.1, 0.15) is 11.3 Å². The van der Waals surface area contributed by atoms with Gasteiger partial charge in [-0.3, -0.25) is 0 Å². The van der Waals surface area contributed by atoms with E-state index >= 15 is 0 Å². The van der Waals surface area contributed by atoms with Crippen LogP contribution in [-0.2, 0) is 6.42 Å². The number of pyridine rings is 1. The Bertz CT molecular complexity index is 564. The third-order valence-electron chi connectivity index (χ3n) is 2.79. The van der Waals surface area contributed by atoms with Crippen molar-refractivity contribution in [2.24, 2.45) is 0 Å². The Labute approximate surface area is 99.3 Å². The quantitative estimate of drug-likeness (QED) is 0.724. The molecule has 84 valence electrons. The Morgan fingerprint density at radius 1 is 1.31 bits per heavy atom. The van der Waals surface area contributed by atoms with Crippen LogP contribution in [0.4, 0.5) is 4.39 Å². The summed E-state index contributed by atoms with van der Waals surface area (Å²) in [5, 5.41) is 1.32. The first-order chi connectivity index (χ1) is 7.54. The highest BCUT2D eigenvalue weighted by Crippen LogP contribution is 2.30. The molecule has 0 saturated heterocycles. The summed E-state index contributed by atoms with van der Waals surface area (Å²) >= 11 is 6.25. The second kappa shape index (κ2) is 4.02. The van der Waals surface area contributed by atoms with Crippen LogP contribution in [0.25, 0.3) is 10.9 Å². The fourth-order valence-electron chi connectivity index (χ4n) is 1.91. The number of fused-ring (bicyclic) bond motifs is 1. The topological polar surface area (TPSA) is 12.9 Å². The van der Waals surface area contributed by atoms with Crippen LogP contribution in [0.1, 0.15) is 23.7 Å². The maximum absolute atomic E-state index is 13.8. The fourth-order valence-corrected chi connectivity index (χ4v) is 2.16. The molecule has 0 atom stereocenters. The van der Waals surface area contributed by atoms with Crippen LogP contribution in [0.2, 0.25) is 5.02 Å². The van der Waals surface area contributed by atoms with E-state index in [2.05, 4.69) is 4.98 Å². The van der Waals surface area contributed by atoms with E-state index in [1.807, 2.05) is 26.8 Å². The van der Waals surface area contributed by atoms with Crippen LogP contribution in [0.5, 0.6) is 0 Å². The number of benzene rings is 1. The molecule has 0 unspecified atom stereocenters. The first-order valence-electron chi connectivity index (χ1n) is 5.29. The lowest BCUT2D eigenvalue weighted by molar-refractivity contribution is 0.635. The maximum atomic E-state index is 13.8. The van der Waals surface area contributed by atoms with Crippen LogP contribution >= 0.6 is 11.6 Å². The minimum absolute atomic E-state index is 0.299. The number of nitrogens with zero attached hydrogens (tertiary/aromatic N) is 1. The number of rotatable bonds is 1. The van der Waals surface area contributed by atoms with Gasteiger partial charge in [0.25, 0.3) is 0 Å².